The summed E-state index contributed by atoms with van der Waals surface area (Å²) in [5, 5.41) is 7.85. The maximum absolute atomic E-state index is 11.9. The highest BCUT2D eigenvalue weighted by molar-refractivity contribution is 9.10. The van der Waals surface area contributed by atoms with Gasteiger partial charge >= 0.3 is 11.8 Å². The lowest BCUT2D eigenvalue weighted by molar-refractivity contribution is -0.136. The van der Waals surface area contributed by atoms with Crippen molar-refractivity contribution in [2.45, 2.75) is 6.92 Å². The molecule has 0 aromatic heterocycles. The molecule has 130 valence electrons. The zero-order valence-corrected chi connectivity index (χ0v) is 15.6. The number of nitrogens with one attached hydrogen (secondary N) is 3. The van der Waals surface area contributed by atoms with Crippen molar-refractivity contribution >= 4 is 56.6 Å². The molecule has 0 spiro atoms. The molecule has 2 aromatic carbocycles. The lowest BCUT2D eigenvalue weighted by Crippen LogP contribution is -2.39. The summed E-state index contributed by atoms with van der Waals surface area (Å²) in [5.74, 6) is -2.22. The summed E-state index contributed by atoms with van der Waals surface area (Å²) >= 11 is 9.25. The van der Waals surface area contributed by atoms with E-state index in [1.165, 1.54) is 0 Å². The number of hydrogen-bond acceptors (Lipinski definition) is 3. The summed E-state index contributed by atoms with van der Waals surface area (Å²) in [4.78, 5) is 35.4. The molecule has 6 nitrogen and oxygen atoms in total. The van der Waals surface area contributed by atoms with Gasteiger partial charge in [0.1, 0.15) is 0 Å². The van der Waals surface area contributed by atoms with Crippen LogP contribution in [0.2, 0.25) is 5.02 Å². The van der Waals surface area contributed by atoms with E-state index in [1.54, 1.807) is 49.4 Å². The molecule has 8 heteroatoms. The Hall–Kier alpha value is -2.38. The molecule has 0 atom stereocenters. The van der Waals surface area contributed by atoms with Gasteiger partial charge in [0.05, 0.1) is 6.54 Å². The van der Waals surface area contributed by atoms with Crippen LogP contribution in [0.4, 0.5) is 11.4 Å². The molecule has 0 aliphatic rings. The number of halogens is 2. The van der Waals surface area contributed by atoms with E-state index in [1.807, 2.05) is 0 Å². The maximum atomic E-state index is 11.9. The topological polar surface area (TPSA) is 87.3 Å². The average Bonchev–Trinajstić information content (AvgIpc) is 2.59. The lowest BCUT2D eigenvalue weighted by atomic mass is 10.2. The van der Waals surface area contributed by atoms with E-state index in [4.69, 9.17) is 11.6 Å². The fraction of sp³-hybridized carbons (Fsp3) is 0.118. The van der Waals surface area contributed by atoms with Crippen molar-refractivity contribution < 1.29 is 14.4 Å². The van der Waals surface area contributed by atoms with Crippen molar-refractivity contribution in [2.24, 2.45) is 0 Å². The van der Waals surface area contributed by atoms with Crippen LogP contribution in [-0.4, -0.2) is 24.3 Å². The van der Waals surface area contributed by atoms with Crippen LogP contribution in [0, 0.1) is 6.92 Å². The first-order valence-electron chi connectivity index (χ1n) is 7.26. The highest BCUT2D eigenvalue weighted by atomic mass is 79.9. The van der Waals surface area contributed by atoms with Gasteiger partial charge in [-0.2, -0.15) is 0 Å². The van der Waals surface area contributed by atoms with E-state index in [0.717, 1.165) is 10.0 Å². The van der Waals surface area contributed by atoms with Gasteiger partial charge in [-0.3, -0.25) is 14.4 Å². The van der Waals surface area contributed by atoms with Crippen LogP contribution in [0.3, 0.4) is 0 Å². The van der Waals surface area contributed by atoms with Crippen molar-refractivity contribution in [2.75, 3.05) is 17.2 Å². The zero-order chi connectivity index (χ0) is 18.4. The van der Waals surface area contributed by atoms with Crippen molar-refractivity contribution in [1.29, 1.82) is 0 Å². The van der Waals surface area contributed by atoms with Crippen LogP contribution in [0.1, 0.15) is 5.56 Å². The summed E-state index contributed by atoms with van der Waals surface area (Å²) in [6.45, 7) is 1.43. The van der Waals surface area contributed by atoms with Gasteiger partial charge < -0.3 is 16.0 Å². The second kappa shape index (κ2) is 8.64. The molecule has 25 heavy (non-hydrogen) atoms. The summed E-state index contributed by atoms with van der Waals surface area (Å²) in [6, 6.07) is 11.9. The summed E-state index contributed by atoms with van der Waals surface area (Å²) in [5.41, 5.74) is 1.74. The summed E-state index contributed by atoms with van der Waals surface area (Å²) < 4.78 is 0.850. The van der Waals surface area contributed by atoms with Crippen LogP contribution in [-0.2, 0) is 14.4 Å². The SMILES string of the molecule is Cc1c(Cl)cccc1NC(=O)CNC(=O)C(=O)Nc1ccc(Br)cc1. The van der Waals surface area contributed by atoms with Gasteiger partial charge in [0.25, 0.3) is 0 Å². The molecule has 0 heterocycles. The largest absolute Gasteiger partial charge is 0.339 e. The molecule has 3 N–H and O–H groups in total. The normalized spacial score (nSPS) is 10.0. The number of amides is 3. The lowest BCUT2D eigenvalue weighted by Gasteiger charge is -2.10. The van der Waals surface area contributed by atoms with Gasteiger partial charge in [-0.05, 0) is 48.9 Å². The Morgan fingerprint density at radius 1 is 1.00 bits per heavy atom. The molecule has 0 fully saturated rings. The number of hydrogen-bond donors (Lipinski definition) is 3. The minimum absolute atomic E-state index is 0.335. The van der Waals surface area contributed by atoms with E-state index in [0.29, 0.717) is 16.4 Å². The maximum Gasteiger partial charge on any atom is 0.313 e. The van der Waals surface area contributed by atoms with Crippen molar-refractivity contribution in [3.8, 4) is 0 Å². The Labute approximate surface area is 158 Å². The van der Waals surface area contributed by atoms with Crippen LogP contribution in [0.15, 0.2) is 46.9 Å². The third-order valence-corrected chi connectivity index (χ3v) is 4.20. The van der Waals surface area contributed by atoms with Crippen LogP contribution >= 0.6 is 27.5 Å². The van der Waals surface area contributed by atoms with Crippen molar-refractivity contribution in [3.63, 3.8) is 0 Å². The Morgan fingerprint density at radius 2 is 1.68 bits per heavy atom. The van der Waals surface area contributed by atoms with Gasteiger partial charge in [0, 0.05) is 20.9 Å². The first-order chi connectivity index (χ1) is 11.9. The van der Waals surface area contributed by atoms with Gasteiger partial charge in [-0.1, -0.05) is 33.6 Å². The van der Waals surface area contributed by atoms with Gasteiger partial charge in [-0.25, -0.2) is 0 Å². The number of benzene rings is 2. The smallest absolute Gasteiger partial charge is 0.313 e. The molecule has 0 aliphatic carbocycles. The third-order valence-electron chi connectivity index (χ3n) is 3.26. The van der Waals surface area contributed by atoms with Gasteiger partial charge in [0.15, 0.2) is 0 Å². The predicted octanol–water partition coefficient (Wildman–Crippen LogP) is 3.10. The summed E-state index contributed by atoms with van der Waals surface area (Å²) in [7, 11) is 0. The first kappa shape index (κ1) is 19.0. The minimum atomic E-state index is -0.902. The van der Waals surface area contributed by atoms with Crippen LogP contribution < -0.4 is 16.0 Å². The predicted molar refractivity (Wildman–Crippen MR) is 101 cm³/mol. The molecule has 0 saturated carbocycles. The fourth-order valence-electron chi connectivity index (χ4n) is 1.90. The molecule has 0 radical (unpaired) electrons. The Balaban J connectivity index is 1.84. The molecule has 0 unspecified atom stereocenters. The van der Waals surface area contributed by atoms with Gasteiger partial charge in [0.2, 0.25) is 5.91 Å². The average molecular weight is 425 g/mol. The molecule has 0 bridgehead atoms. The molecule has 3 amide bonds. The monoisotopic (exact) mass is 423 g/mol. The zero-order valence-electron chi connectivity index (χ0n) is 13.2. The number of rotatable bonds is 4. The van der Waals surface area contributed by atoms with Gasteiger partial charge in [-0.15, -0.1) is 0 Å². The number of anilines is 2. The van der Waals surface area contributed by atoms with Crippen molar-refractivity contribution in [3.05, 3.63) is 57.5 Å². The quantitative estimate of drug-likeness (QED) is 0.659. The van der Waals surface area contributed by atoms with E-state index >= 15 is 0 Å². The van der Waals surface area contributed by atoms with E-state index in [-0.39, 0.29) is 6.54 Å². The van der Waals surface area contributed by atoms with Crippen molar-refractivity contribution in [1.82, 2.24) is 5.32 Å². The second-order valence-electron chi connectivity index (χ2n) is 5.10. The fourth-order valence-corrected chi connectivity index (χ4v) is 2.34. The highest BCUT2D eigenvalue weighted by Gasteiger charge is 2.15. The standard InChI is InChI=1S/C17H15BrClN3O3/c1-10-13(19)3-2-4-14(10)22-15(23)9-20-16(24)17(25)21-12-7-5-11(18)6-8-12/h2-8H,9H2,1H3,(H,20,24)(H,21,25)(H,22,23). The number of carbonyl (C=O) groups excluding carboxylic acids is 3. The minimum Gasteiger partial charge on any atom is -0.339 e. The molecular weight excluding hydrogens is 410 g/mol. The Kier molecular flexibility index (Phi) is 6.55. The second-order valence-corrected chi connectivity index (χ2v) is 6.43. The molecule has 2 aromatic rings. The van der Waals surface area contributed by atoms with E-state index in [2.05, 4.69) is 31.9 Å². The molecule has 2 rings (SSSR count). The molecule has 0 aliphatic heterocycles. The Morgan fingerprint density at radius 3 is 2.36 bits per heavy atom. The van der Waals surface area contributed by atoms with E-state index < -0.39 is 17.7 Å². The van der Waals surface area contributed by atoms with E-state index in [9.17, 15) is 14.4 Å². The summed E-state index contributed by atoms with van der Waals surface area (Å²) in [6.07, 6.45) is 0. The molecule has 0 saturated heterocycles. The molecular formula is C17H15BrClN3O3. The van der Waals surface area contributed by atoms with Crippen LogP contribution in [0.25, 0.3) is 0 Å². The first-order valence-corrected chi connectivity index (χ1v) is 8.43. The number of carbonyl (C=O) groups is 3. The highest BCUT2D eigenvalue weighted by Crippen LogP contribution is 2.22. The van der Waals surface area contributed by atoms with Crippen LogP contribution in [0.5, 0.6) is 0 Å². The third kappa shape index (κ3) is 5.58. The Bertz CT molecular complexity index is 809.